The van der Waals surface area contributed by atoms with Crippen LogP contribution in [0, 0.1) is 11.8 Å². The quantitative estimate of drug-likeness (QED) is 0.296. The zero-order valence-corrected chi connectivity index (χ0v) is 26.7. The number of benzene rings is 3. The Morgan fingerprint density at radius 1 is 0.978 bits per heavy atom. The molecule has 0 radical (unpaired) electrons. The molecule has 46 heavy (non-hydrogen) atoms. The van der Waals surface area contributed by atoms with Crippen LogP contribution in [0.2, 0.25) is 0 Å². The molecule has 6 rings (SSSR count). The van der Waals surface area contributed by atoms with E-state index in [0.717, 1.165) is 23.1 Å². The number of fused-ring (bicyclic) bond motifs is 2. The van der Waals surface area contributed by atoms with Gasteiger partial charge in [-0.25, -0.2) is 13.2 Å². The van der Waals surface area contributed by atoms with Gasteiger partial charge in [-0.05, 0) is 59.7 Å². The first kappa shape index (κ1) is 32.3. The van der Waals surface area contributed by atoms with Crippen LogP contribution in [0.4, 0.5) is 4.79 Å². The zero-order valence-electron chi connectivity index (χ0n) is 25.9. The summed E-state index contributed by atoms with van der Waals surface area (Å²) in [6.45, 7) is 4.73. The number of carbonyl (C=O) groups excluding carboxylic acids is 1. The number of nitrogens with one attached hydrogen (secondary N) is 1. The molecule has 5 atom stereocenters. The van der Waals surface area contributed by atoms with Gasteiger partial charge in [0.1, 0.15) is 6.10 Å². The summed E-state index contributed by atoms with van der Waals surface area (Å²) in [5.41, 5.74) is 2.56. The Morgan fingerprint density at radius 2 is 1.72 bits per heavy atom. The maximum Gasteiger partial charge on any atom is 0.407 e. The highest BCUT2D eigenvalue weighted by Crippen LogP contribution is 2.36. The van der Waals surface area contributed by atoms with Crippen LogP contribution in [0.15, 0.2) is 77.7 Å². The molecule has 3 heterocycles. The Bertz CT molecular complexity index is 1600. The monoisotopic (exact) mass is 652 g/mol. The number of sulfonamides is 1. The highest BCUT2D eigenvalue weighted by molar-refractivity contribution is 7.89. The molecule has 246 valence electrons. The van der Waals surface area contributed by atoms with E-state index in [9.17, 15) is 18.3 Å². The van der Waals surface area contributed by atoms with Crippen LogP contribution in [-0.4, -0.2) is 81.6 Å². The van der Waals surface area contributed by atoms with Gasteiger partial charge in [-0.2, -0.15) is 4.31 Å². The van der Waals surface area contributed by atoms with Gasteiger partial charge in [0.2, 0.25) is 16.8 Å². The summed E-state index contributed by atoms with van der Waals surface area (Å²) in [7, 11) is -4.01. The topological polar surface area (TPSA) is 133 Å². The summed E-state index contributed by atoms with van der Waals surface area (Å²) in [5, 5.41) is 14.4. The lowest BCUT2D eigenvalue weighted by atomic mass is 10.0. The van der Waals surface area contributed by atoms with Gasteiger partial charge < -0.3 is 34.1 Å². The second-order valence-electron chi connectivity index (χ2n) is 12.3. The predicted octanol–water partition coefficient (Wildman–Crippen LogP) is 4.19. The molecule has 1 amide bonds. The number of aliphatic hydroxyl groups is 1. The normalized spacial score (nSPS) is 21.7. The summed E-state index contributed by atoms with van der Waals surface area (Å²) >= 11 is 0. The van der Waals surface area contributed by atoms with E-state index >= 15 is 0 Å². The van der Waals surface area contributed by atoms with Crippen LogP contribution in [0.5, 0.6) is 11.5 Å². The first-order valence-corrected chi connectivity index (χ1v) is 17.0. The average Bonchev–Trinajstić information content (AvgIpc) is 3.79. The molecular formula is C34H40N2O9S. The number of amides is 1. The van der Waals surface area contributed by atoms with Gasteiger partial charge in [0, 0.05) is 13.1 Å². The molecule has 2 saturated heterocycles. The van der Waals surface area contributed by atoms with Crippen LogP contribution < -0.4 is 14.8 Å². The molecule has 0 spiro atoms. The predicted molar refractivity (Wildman–Crippen MR) is 169 cm³/mol. The Labute approximate surface area is 269 Å². The molecule has 0 bridgehead atoms. The lowest BCUT2D eigenvalue weighted by molar-refractivity contribution is -0.0907. The lowest BCUT2D eigenvalue weighted by Gasteiger charge is -2.31. The Morgan fingerprint density at radius 3 is 2.48 bits per heavy atom. The lowest BCUT2D eigenvalue weighted by Crippen LogP contribution is -2.51. The molecule has 3 aromatic carbocycles. The van der Waals surface area contributed by atoms with Gasteiger partial charge in [0.15, 0.2) is 17.8 Å². The second-order valence-corrected chi connectivity index (χ2v) is 14.2. The van der Waals surface area contributed by atoms with Crippen LogP contribution in [-0.2, 0) is 30.7 Å². The standard InChI is InChI=1S/C34H40N2O9S/c1-22(2)18-36(46(39,40)26-11-8-24(9-12-26)25-10-13-30-31(17-25)44-21-43-30)19-29(37)28(16-23-6-4-3-5-7-23)35-34(38)45-32-20-42-33-27(32)14-15-41-33/h3-13,17,22,27-29,32-33,37H,14-16,18-21H2,1-2H3,(H,35,38)/t27?,28-,29+,32?,33?/m0/s1. The number of hydrogen-bond acceptors (Lipinski definition) is 9. The van der Waals surface area contributed by atoms with Crippen LogP contribution in [0.25, 0.3) is 11.1 Å². The number of ether oxygens (including phenoxy) is 5. The number of carbonyl (C=O) groups is 1. The van der Waals surface area contributed by atoms with Crippen molar-refractivity contribution in [3.8, 4) is 22.6 Å². The molecule has 0 saturated carbocycles. The maximum absolute atomic E-state index is 14.0. The van der Waals surface area contributed by atoms with E-state index in [1.165, 1.54) is 4.31 Å². The summed E-state index contributed by atoms with van der Waals surface area (Å²) in [5.74, 6) is 1.25. The Kier molecular flexibility index (Phi) is 9.81. The second kappa shape index (κ2) is 14.0. The molecule has 12 heteroatoms. The fourth-order valence-corrected chi connectivity index (χ4v) is 7.70. The van der Waals surface area contributed by atoms with Gasteiger partial charge >= 0.3 is 6.09 Å². The minimum atomic E-state index is -4.01. The van der Waals surface area contributed by atoms with Crippen molar-refractivity contribution in [2.75, 3.05) is 33.1 Å². The number of nitrogens with zero attached hydrogens (tertiary/aromatic N) is 1. The van der Waals surface area contributed by atoms with E-state index in [1.807, 2.05) is 62.4 Å². The van der Waals surface area contributed by atoms with Gasteiger partial charge in [0.25, 0.3) is 0 Å². The molecule has 2 N–H and O–H groups in total. The summed E-state index contributed by atoms with van der Waals surface area (Å²) in [6, 6.07) is 20.8. The molecule has 0 aromatic heterocycles. The number of alkyl carbamates (subject to hydrolysis) is 1. The van der Waals surface area contributed by atoms with Crippen LogP contribution >= 0.6 is 0 Å². The third-order valence-corrected chi connectivity index (χ3v) is 10.3. The number of rotatable bonds is 12. The van der Waals surface area contributed by atoms with Crippen molar-refractivity contribution in [2.45, 2.75) is 56.1 Å². The van der Waals surface area contributed by atoms with Crippen LogP contribution in [0.3, 0.4) is 0 Å². The van der Waals surface area contributed by atoms with Crippen molar-refractivity contribution in [1.82, 2.24) is 9.62 Å². The third kappa shape index (κ3) is 7.31. The van der Waals surface area contributed by atoms with Crippen molar-refractivity contribution < 1.29 is 42.0 Å². The Hall–Kier alpha value is -3.68. The van der Waals surface area contributed by atoms with Gasteiger partial charge in [0.05, 0.1) is 36.2 Å². The average molecular weight is 653 g/mol. The fourth-order valence-electron chi connectivity index (χ4n) is 6.08. The molecule has 3 aliphatic heterocycles. The fraction of sp³-hybridized carbons (Fsp3) is 0.441. The minimum absolute atomic E-state index is 0.0238. The molecule has 3 unspecified atom stereocenters. The van der Waals surface area contributed by atoms with E-state index in [4.69, 9.17) is 23.7 Å². The smallest absolute Gasteiger partial charge is 0.407 e. The van der Waals surface area contributed by atoms with E-state index < -0.39 is 34.4 Å². The molecule has 3 aliphatic rings. The zero-order chi connectivity index (χ0) is 32.3. The summed E-state index contributed by atoms with van der Waals surface area (Å²) in [4.78, 5) is 13.2. The van der Waals surface area contributed by atoms with Crippen molar-refractivity contribution in [2.24, 2.45) is 11.8 Å². The highest BCUT2D eigenvalue weighted by Gasteiger charge is 2.44. The van der Waals surface area contributed by atoms with E-state index in [0.29, 0.717) is 18.1 Å². The SMILES string of the molecule is CC(C)CN(C[C@@H](O)[C@H](Cc1ccccc1)NC(=O)OC1COC2OCCC12)S(=O)(=O)c1ccc(-c2ccc3c(c2)OCO3)cc1. The van der Waals surface area contributed by atoms with E-state index in [2.05, 4.69) is 5.32 Å². The first-order valence-electron chi connectivity index (χ1n) is 15.6. The van der Waals surface area contributed by atoms with E-state index in [-0.39, 0.29) is 55.9 Å². The highest BCUT2D eigenvalue weighted by atomic mass is 32.2. The van der Waals surface area contributed by atoms with Gasteiger partial charge in [-0.15, -0.1) is 0 Å². The summed E-state index contributed by atoms with van der Waals surface area (Å²) in [6.07, 6.45) is -1.76. The first-order chi connectivity index (χ1) is 22.2. The minimum Gasteiger partial charge on any atom is -0.454 e. The van der Waals surface area contributed by atoms with Crippen molar-refractivity contribution in [1.29, 1.82) is 0 Å². The van der Waals surface area contributed by atoms with Crippen molar-refractivity contribution in [3.63, 3.8) is 0 Å². The molecular weight excluding hydrogens is 612 g/mol. The molecule has 0 aliphatic carbocycles. The third-order valence-electron chi connectivity index (χ3n) is 8.47. The summed E-state index contributed by atoms with van der Waals surface area (Å²) < 4.78 is 57.0. The van der Waals surface area contributed by atoms with Crippen LogP contribution in [0.1, 0.15) is 25.8 Å². The van der Waals surface area contributed by atoms with Crippen molar-refractivity contribution in [3.05, 3.63) is 78.4 Å². The molecule has 11 nitrogen and oxygen atoms in total. The largest absolute Gasteiger partial charge is 0.454 e. The van der Waals surface area contributed by atoms with E-state index in [1.54, 1.807) is 24.3 Å². The Balaban J connectivity index is 1.18. The van der Waals surface area contributed by atoms with Crippen molar-refractivity contribution >= 4 is 16.1 Å². The molecule has 3 aromatic rings. The number of hydrogen-bond donors (Lipinski definition) is 2. The maximum atomic E-state index is 14.0. The number of aliphatic hydroxyl groups excluding tert-OH is 1. The van der Waals surface area contributed by atoms with Gasteiger partial charge in [-0.3, -0.25) is 0 Å². The molecule has 2 fully saturated rings. The van der Waals surface area contributed by atoms with Gasteiger partial charge in [-0.1, -0.05) is 62.4 Å².